The van der Waals surface area contributed by atoms with Crippen LogP contribution in [0.15, 0.2) is 24.4 Å². The van der Waals surface area contributed by atoms with Gasteiger partial charge in [-0.1, -0.05) is 5.92 Å². The maximum atomic E-state index is 12.6. The number of rotatable bonds is 1. The van der Waals surface area contributed by atoms with Crippen LogP contribution in [-0.4, -0.2) is 47.3 Å². The molecule has 6 heteroatoms. The predicted octanol–water partition coefficient (Wildman–Crippen LogP) is 3.41. The van der Waals surface area contributed by atoms with Gasteiger partial charge < -0.3 is 14.4 Å². The highest BCUT2D eigenvalue weighted by Crippen LogP contribution is 2.26. The fourth-order valence-corrected chi connectivity index (χ4v) is 3.02. The number of nitrogens with zero attached hydrogens (tertiary/aromatic N) is 2. The summed E-state index contributed by atoms with van der Waals surface area (Å²) in [6.45, 7) is 6.95. The van der Waals surface area contributed by atoms with Crippen molar-refractivity contribution in [3.05, 3.63) is 30.0 Å². The summed E-state index contributed by atoms with van der Waals surface area (Å²) in [7, 11) is 1.58. The van der Waals surface area contributed by atoms with Gasteiger partial charge in [0.05, 0.1) is 18.2 Å². The Bertz CT molecular complexity index is 935. The molecule has 0 spiro atoms. The van der Waals surface area contributed by atoms with E-state index in [9.17, 15) is 9.59 Å². The standard InChI is InChI=1S/C21H24N2O4/c1-21(2,3)27-20(25)23-14-15(7-10-19(24)22-11-5-6-12-22)17-13-16(26-4)8-9-18(17)23/h8-9,13-14H,5-6,11-12H2,1-4H3. The number of carbonyl (C=O) groups is 2. The number of aromatic nitrogens is 1. The van der Waals surface area contributed by atoms with Crippen molar-refractivity contribution >= 4 is 22.9 Å². The molecule has 1 aliphatic rings. The van der Waals surface area contributed by atoms with Gasteiger partial charge in [-0.15, -0.1) is 0 Å². The zero-order valence-electron chi connectivity index (χ0n) is 16.2. The third kappa shape index (κ3) is 4.25. The first-order valence-corrected chi connectivity index (χ1v) is 9.02. The lowest BCUT2D eigenvalue weighted by molar-refractivity contribution is -0.124. The molecule has 1 amide bonds. The Morgan fingerprint density at radius 1 is 1.15 bits per heavy atom. The highest BCUT2D eigenvalue weighted by Gasteiger charge is 2.21. The average Bonchev–Trinajstić information content (AvgIpc) is 3.26. The van der Waals surface area contributed by atoms with Crippen LogP contribution < -0.4 is 4.74 Å². The molecule has 0 unspecified atom stereocenters. The first kappa shape index (κ1) is 18.8. The highest BCUT2D eigenvalue weighted by atomic mass is 16.6. The molecule has 2 heterocycles. The van der Waals surface area contributed by atoms with E-state index in [1.54, 1.807) is 36.4 Å². The Labute approximate surface area is 159 Å². The Hall–Kier alpha value is -2.94. The van der Waals surface area contributed by atoms with Gasteiger partial charge in [0, 0.05) is 30.6 Å². The smallest absolute Gasteiger partial charge is 0.419 e. The van der Waals surface area contributed by atoms with Gasteiger partial charge in [-0.3, -0.25) is 9.36 Å². The van der Waals surface area contributed by atoms with Crippen LogP contribution in [0.25, 0.3) is 10.9 Å². The molecule has 0 atom stereocenters. The fraction of sp³-hybridized carbons (Fsp3) is 0.429. The molecule has 0 radical (unpaired) electrons. The van der Waals surface area contributed by atoms with Crippen molar-refractivity contribution in [3.8, 4) is 17.6 Å². The molecule has 1 aromatic heterocycles. The van der Waals surface area contributed by atoms with Crippen molar-refractivity contribution < 1.29 is 19.1 Å². The number of amides is 1. The number of methoxy groups -OCH3 is 1. The minimum absolute atomic E-state index is 0.187. The van der Waals surface area contributed by atoms with Gasteiger partial charge in [-0.25, -0.2) is 4.79 Å². The van der Waals surface area contributed by atoms with Gasteiger partial charge in [0.2, 0.25) is 0 Å². The van der Waals surface area contributed by atoms with E-state index in [0.717, 1.165) is 31.3 Å². The number of carbonyl (C=O) groups excluding carboxylic acids is 2. The molecular formula is C21H24N2O4. The topological polar surface area (TPSA) is 60.8 Å². The highest BCUT2D eigenvalue weighted by molar-refractivity contribution is 5.98. The Morgan fingerprint density at radius 2 is 1.85 bits per heavy atom. The van der Waals surface area contributed by atoms with Gasteiger partial charge >= 0.3 is 6.09 Å². The number of fused-ring (bicyclic) bond motifs is 1. The Kier molecular flexibility index (Phi) is 5.13. The predicted molar refractivity (Wildman–Crippen MR) is 103 cm³/mol. The van der Waals surface area contributed by atoms with E-state index < -0.39 is 11.7 Å². The Morgan fingerprint density at radius 3 is 2.48 bits per heavy atom. The molecule has 3 rings (SSSR count). The summed E-state index contributed by atoms with van der Waals surface area (Å²) in [4.78, 5) is 26.6. The molecule has 1 fully saturated rings. The van der Waals surface area contributed by atoms with E-state index in [1.807, 2.05) is 20.8 Å². The van der Waals surface area contributed by atoms with Crippen LogP contribution in [0.2, 0.25) is 0 Å². The summed E-state index contributed by atoms with van der Waals surface area (Å²) >= 11 is 0. The SMILES string of the molecule is COc1ccc2c(c1)c(C#CC(=O)N1CCCC1)cn2C(=O)OC(C)(C)C. The van der Waals surface area contributed by atoms with Crippen molar-refractivity contribution in [2.75, 3.05) is 20.2 Å². The normalized spacial score (nSPS) is 14.0. The van der Waals surface area contributed by atoms with Crippen molar-refractivity contribution in [2.24, 2.45) is 0 Å². The second-order valence-corrected chi connectivity index (χ2v) is 7.53. The molecular weight excluding hydrogens is 344 g/mol. The second-order valence-electron chi connectivity index (χ2n) is 7.53. The zero-order chi connectivity index (χ0) is 19.6. The molecule has 142 valence electrons. The molecule has 1 aliphatic heterocycles. The number of benzene rings is 1. The van der Waals surface area contributed by atoms with Crippen molar-refractivity contribution in [1.82, 2.24) is 9.47 Å². The largest absolute Gasteiger partial charge is 0.497 e. The summed E-state index contributed by atoms with van der Waals surface area (Å²) < 4.78 is 12.2. The lowest BCUT2D eigenvalue weighted by atomic mass is 10.1. The third-order valence-corrected chi connectivity index (χ3v) is 4.30. The molecule has 0 saturated carbocycles. The first-order valence-electron chi connectivity index (χ1n) is 9.02. The van der Waals surface area contributed by atoms with Crippen LogP contribution in [0.3, 0.4) is 0 Å². The van der Waals surface area contributed by atoms with Crippen LogP contribution >= 0.6 is 0 Å². The maximum absolute atomic E-state index is 12.6. The van der Waals surface area contributed by atoms with Gasteiger partial charge in [0.1, 0.15) is 11.4 Å². The Balaban J connectivity index is 2.01. The van der Waals surface area contributed by atoms with Crippen LogP contribution in [0.4, 0.5) is 4.79 Å². The molecule has 2 aromatic rings. The van der Waals surface area contributed by atoms with Crippen LogP contribution in [-0.2, 0) is 9.53 Å². The monoisotopic (exact) mass is 368 g/mol. The number of likely N-dealkylation sites (tertiary alicyclic amines) is 1. The average molecular weight is 368 g/mol. The molecule has 1 aromatic carbocycles. The molecule has 27 heavy (non-hydrogen) atoms. The van der Waals surface area contributed by atoms with E-state index in [-0.39, 0.29) is 5.91 Å². The number of ether oxygens (including phenoxy) is 2. The number of hydrogen-bond acceptors (Lipinski definition) is 4. The van der Waals surface area contributed by atoms with E-state index in [0.29, 0.717) is 16.8 Å². The molecule has 1 saturated heterocycles. The van der Waals surface area contributed by atoms with E-state index in [2.05, 4.69) is 11.8 Å². The summed E-state index contributed by atoms with van der Waals surface area (Å²) in [5.41, 5.74) is 0.628. The summed E-state index contributed by atoms with van der Waals surface area (Å²) in [6.07, 6.45) is 3.16. The lowest BCUT2D eigenvalue weighted by Crippen LogP contribution is -2.26. The molecule has 0 aliphatic carbocycles. The minimum atomic E-state index is -0.613. The molecule has 0 bridgehead atoms. The maximum Gasteiger partial charge on any atom is 0.419 e. The van der Waals surface area contributed by atoms with Gasteiger partial charge in [0.15, 0.2) is 0 Å². The summed E-state index contributed by atoms with van der Waals surface area (Å²) in [5.74, 6) is 6.09. The number of hydrogen-bond donors (Lipinski definition) is 0. The van der Waals surface area contributed by atoms with Crippen molar-refractivity contribution in [2.45, 2.75) is 39.2 Å². The first-order chi connectivity index (χ1) is 12.8. The van der Waals surface area contributed by atoms with E-state index in [1.165, 1.54) is 4.57 Å². The molecule has 0 N–H and O–H groups in total. The summed E-state index contributed by atoms with van der Waals surface area (Å²) in [5, 5.41) is 0.738. The van der Waals surface area contributed by atoms with Gasteiger partial charge in [0.25, 0.3) is 5.91 Å². The van der Waals surface area contributed by atoms with Crippen LogP contribution in [0, 0.1) is 11.8 Å². The zero-order valence-corrected chi connectivity index (χ0v) is 16.2. The van der Waals surface area contributed by atoms with Crippen molar-refractivity contribution in [1.29, 1.82) is 0 Å². The van der Waals surface area contributed by atoms with Crippen molar-refractivity contribution in [3.63, 3.8) is 0 Å². The van der Waals surface area contributed by atoms with Crippen LogP contribution in [0.5, 0.6) is 5.75 Å². The van der Waals surface area contributed by atoms with Gasteiger partial charge in [-0.2, -0.15) is 0 Å². The van der Waals surface area contributed by atoms with Crippen LogP contribution in [0.1, 0.15) is 39.2 Å². The minimum Gasteiger partial charge on any atom is -0.497 e. The summed E-state index contributed by atoms with van der Waals surface area (Å²) in [6, 6.07) is 5.36. The second kappa shape index (κ2) is 7.36. The quantitative estimate of drug-likeness (QED) is 0.724. The van der Waals surface area contributed by atoms with E-state index >= 15 is 0 Å². The lowest BCUT2D eigenvalue weighted by Gasteiger charge is -2.19. The molecule has 6 nitrogen and oxygen atoms in total. The van der Waals surface area contributed by atoms with E-state index in [4.69, 9.17) is 9.47 Å². The third-order valence-electron chi connectivity index (χ3n) is 4.30. The fourth-order valence-electron chi connectivity index (χ4n) is 3.02. The van der Waals surface area contributed by atoms with Gasteiger partial charge in [-0.05, 0) is 51.8 Å².